The predicted octanol–water partition coefficient (Wildman–Crippen LogP) is 1.25. The Morgan fingerprint density at radius 2 is 2.25 bits per heavy atom. The molecular weight excluding hydrogens is 104 g/mol. The standard InChI is InChI=1S/C6H8O2/c1-4-8-6(3)5(2)7/h4H,1,3H2,2H3. The van der Waals surface area contributed by atoms with Crippen molar-refractivity contribution in [2.75, 3.05) is 0 Å². The molecular formula is C6H8O2. The van der Waals surface area contributed by atoms with Crippen molar-refractivity contribution in [1.82, 2.24) is 0 Å². The third kappa shape index (κ3) is 2.18. The minimum absolute atomic E-state index is 0.125. The molecule has 0 aromatic heterocycles. The Kier molecular flexibility index (Phi) is 2.62. The summed E-state index contributed by atoms with van der Waals surface area (Å²) in [6, 6.07) is 0. The van der Waals surface area contributed by atoms with Crippen LogP contribution in [0.2, 0.25) is 0 Å². The van der Waals surface area contributed by atoms with E-state index in [-0.39, 0.29) is 11.5 Å². The van der Waals surface area contributed by atoms with Crippen molar-refractivity contribution >= 4 is 5.78 Å². The lowest BCUT2D eigenvalue weighted by Gasteiger charge is -1.95. The van der Waals surface area contributed by atoms with Crippen LogP contribution in [0, 0.1) is 0 Å². The van der Waals surface area contributed by atoms with Crippen molar-refractivity contribution in [3.05, 3.63) is 25.2 Å². The first-order valence-corrected chi connectivity index (χ1v) is 2.16. The summed E-state index contributed by atoms with van der Waals surface area (Å²) in [5, 5.41) is 0. The fraction of sp³-hybridized carbons (Fsp3) is 0.167. The first kappa shape index (κ1) is 6.95. The number of ketones is 1. The highest BCUT2D eigenvalue weighted by molar-refractivity contribution is 5.90. The molecule has 0 fully saturated rings. The molecule has 0 spiro atoms. The number of carbonyl (C=O) groups is 1. The Morgan fingerprint density at radius 3 is 2.38 bits per heavy atom. The maximum absolute atomic E-state index is 10.3. The number of Topliss-reactive ketones (excluding diaryl/α,β-unsaturated/α-hetero) is 1. The van der Waals surface area contributed by atoms with E-state index in [4.69, 9.17) is 0 Å². The van der Waals surface area contributed by atoms with E-state index in [0.29, 0.717) is 0 Å². The molecule has 0 N–H and O–H groups in total. The van der Waals surface area contributed by atoms with Crippen molar-refractivity contribution in [3.8, 4) is 0 Å². The zero-order chi connectivity index (χ0) is 6.57. The van der Waals surface area contributed by atoms with Crippen LogP contribution in [0.25, 0.3) is 0 Å². The molecule has 0 saturated heterocycles. The van der Waals surface area contributed by atoms with Crippen LogP contribution in [0.1, 0.15) is 6.92 Å². The van der Waals surface area contributed by atoms with Gasteiger partial charge in [-0.2, -0.15) is 0 Å². The highest BCUT2D eigenvalue weighted by atomic mass is 16.5. The summed E-state index contributed by atoms with van der Waals surface area (Å²) in [6.45, 7) is 7.93. The summed E-state index contributed by atoms with van der Waals surface area (Å²) in [4.78, 5) is 10.3. The summed E-state index contributed by atoms with van der Waals surface area (Å²) in [5.74, 6) is -0.0510. The third-order valence-electron chi connectivity index (χ3n) is 0.618. The normalized spacial score (nSPS) is 7.62. The Labute approximate surface area is 48.5 Å². The van der Waals surface area contributed by atoms with E-state index in [9.17, 15) is 4.79 Å². The Morgan fingerprint density at radius 1 is 1.75 bits per heavy atom. The summed E-state index contributed by atoms with van der Waals surface area (Å²) < 4.78 is 4.52. The van der Waals surface area contributed by atoms with Gasteiger partial charge in [-0.25, -0.2) is 0 Å². The van der Waals surface area contributed by atoms with Crippen LogP contribution in [0.3, 0.4) is 0 Å². The van der Waals surface area contributed by atoms with Crippen LogP contribution in [0.15, 0.2) is 25.2 Å². The van der Waals surface area contributed by atoms with E-state index in [2.05, 4.69) is 17.9 Å². The van der Waals surface area contributed by atoms with Crippen molar-refractivity contribution in [1.29, 1.82) is 0 Å². The molecule has 2 nitrogen and oxygen atoms in total. The number of rotatable bonds is 3. The Balaban J connectivity index is 3.65. The minimum Gasteiger partial charge on any atom is -0.463 e. The van der Waals surface area contributed by atoms with Crippen LogP contribution in [-0.4, -0.2) is 5.78 Å². The van der Waals surface area contributed by atoms with Gasteiger partial charge < -0.3 is 4.74 Å². The molecule has 0 rings (SSSR count). The molecule has 0 aromatic rings. The second-order valence-electron chi connectivity index (χ2n) is 1.26. The van der Waals surface area contributed by atoms with Gasteiger partial charge in [-0.15, -0.1) is 0 Å². The molecule has 0 atom stereocenters. The lowest BCUT2D eigenvalue weighted by molar-refractivity contribution is -0.116. The zero-order valence-electron chi connectivity index (χ0n) is 4.81. The first-order valence-electron chi connectivity index (χ1n) is 2.16. The smallest absolute Gasteiger partial charge is 0.194 e. The fourth-order valence-corrected chi connectivity index (χ4v) is 0.184. The van der Waals surface area contributed by atoms with Gasteiger partial charge in [0.1, 0.15) is 0 Å². The summed E-state index contributed by atoms with van der Waals surface area (Å²) in [7, 11) is 0. The molecule has 0 aromatic carbocycles. The molecule has 8 heavy (non-hydrogen) atoms. The lowest BCUT2D eigenvalue weighted by Crippen LogP contribution is -1.94. The largest absolute Gasteiger partial charge is 0.463 e. The van der Waals surface area contributed by atoms with E-state index in [1.807, 2.05) is 0 Å². The molecule has 0 saturated carbocycles. The quantitative estimate of drug-likeness (QED) is 0.405. The lowest BCUT2D eigenvalue weighted by atomic mass is 10.4. The fourth-order valence-electron chi connectivity index (χ4n) is 0.184. The maximum Gasteiger partial charge on any atom is 0.194 e. The van der Waals surface area contributed by atoms with Gasteiger partial charge in [-0.1, -0.05) is 13.2 Å². The molecule has 0 aliphatic rings. The topological polar surface area (TPSA) is 26.3 Å². The van der Waals surface area contributed by atoms with Gasteiger partial charge in [0.15, 0.2) is 11.5 Å². The van der Waals surface area contributed by atoms with Crippen molar-refractivity contribution < 1.29 is 9.53 Å². The summed E-state index contributed by atoms with van der Waals surface area (Å²) in [6.07, 6.45) is 1.17. The third-order valence-corrected chi connectivity index (χ3v) is 0.618. The van der Waals surface area contributed by atoms with Crippen molar-refractivity contribution in [2.24, 2.45) is 0 Å². The highest BCUT2D eigenvalue weighted by Crippen LogP contribution is 1.92. The van der Waals surface area contributed by atoms with Gasteiger partial charge in [0.05, 0.1) is 6.26 Å². The second kappa shape index (κ2) is 3.02. The highest BCUT2D eigenvalue weighted by Gasteiger charge is 1.95. The van der Waals surface area contributed by atoms with Crippen LogP contribution in [0.5, 0.6) is 0 Å². The molecule has 0 amide bonds. The van der Waals surface area contributed by atoms with Gasteiger partial charge in [0, 0.05) is 6.92 Å². The van der Waals surface area contributed by atoms with Gasteiger partial charge in [-0.05, 0) is 0 Å². The maximum atomic E-state index is 10.3. The number of hydrogen-bond donors (Lipinski definition) is 0. The van der Waals surface area contributed by atoms with Crippen LogP contribution in [0.4, 0.5) is 0 Å². The Hall–Kier alpha value is -1.05. The van der Waals surface area contributed by atoms with Gasteiger partial charge >= 0.3 is 0 Å². The summed E-state index contributed by atoms with van der Waals surface area (Å²) in [5.41, 5.74) is 0. The van der Waals surface area contributed by atoms with E-state index in [1.165, 1.54) is 13.2 Å². The molecule has 2 heteroatoms. The molecule has 0 radical (unpaired) electrons. The van der Waals surface area contributed by atoms with E-state index < -0.39 is 0 Å². The van der Waals surface area contributed by atoms with Gasteiger partial charge in [-0.3, -0.25) is 4.79 Å². The average molecular weight is 112 g/mol. The van der Waals surface area contributed by atoms with Crippen molar-refractivity contribution in [2.45, 2.75) is 6.92 Å². The van der Waals surface area contributed by atoms with E-state index >= 15 is 0 Å². The van der Waals surface area contributed by atoms with Crippen molar-refractivity contribution in [3.63, 3.8) is 0 Å². The van der Waals surface area contributed by atoms with Gasteiger partial charge in [0.25, 0.3) is 0 Å². The number of ether oxygens (including phenoxy) is 1. The average Bonchev–Trinajstić information content (AvgIpc) is 1.67. The van der Waals surface area contributed by atoms with Crippen LogP contribution >= 0.6 is 0 Å². The first-order chi connectivity index (χ1) is 3.68. The molecule has 0 aliphatic carbocycles. The SMILES string of the molecule is C=COC(=C)C(C)=O. The second-order valence-corrected chi connectivity index (χ2v) is 1.26. The number of carbonyl (C=O) groups excluding carboxylic acids is 1. The molecule has 0 unspecified atom stereocenters. The molecule has 44 valence electrons. The molecule has 0 heterocycles. The molecule has 0 bridgehead atoms. The van der Waals surface area contributed by atoms with E-state index in [1.54, 1.807) is 0 Å². The molecule has 0 aliphatic heterocycles. The van der Waals surface area contributed by atoms with Crippen LogP contribution < -0.4 is 0 Å². The number of allylic oxidation sites excluding steroid dienone is 1. The monoisotopic (exact) mass is 112 g/mol. The minimum atomic E-state index is -0.176. The Bertz CT molecular complexity index is 124. The van der Waals surface area contributed by atoms with Crippen LogP contribution in [-0.2, 0) is 9.53 Å². The van der Waals surface area contributed by atoms with Gasteiger partial charge in [0.2, 0.25) is 0 Å². The summed E-state index contributed by atoms with van der Waals surface area (Å²) >= 11 is 0. The zero-order valence-corrected chi connectivity index (χ0v) is 4.81. The van der Waals surface area contributed by atoms with E-state index in [0.717, 1.165) is 0 Å². The number of hydrogen-bond acceptors (Lipinski definition) is 2. The predicted molar refractivity (Wildman–Crippen MR) is 31.1 cm³/mol.